The number of hydrogen-bond donors (Lipinski definition) is 1. The molecule has 0 aliphatic heterocycles. The first-order chi connectivity index (χ1) is 15.0. The molecule has 0 saturated heterocycles. The predicted molar refractivity (Wildman–Crippen MR) is 119 cm³/mol. The molecule has 0 spiro atoms. The van der Waals surface area contributed by atoms with Gasteiger partial charge < -0.3 is 19.2 Å². The summed E-state index contributed by atoms with van der Waals surface area (Å²) in [6.45, 7) is 0.296. The molecule has 3 aromatic rings. The highest BCUT2D eigenvalue weighted by Gasteiger charge is 2.34. The van der Waals surface area contributed by atoms with Crippen LogP contribution in [0.15, 0.2) is 65.9 Å². The number of fused-ring (bicyclic) bond motifs is 1. The topological polar surface area (TPSA) is 56.4 Å². The third-order valence-electron chi connectivity index (χ3n) is 5.18. The standard InChI is InChI=1S/C23H21Cl2FN2O3/c1-29-21(17-11-28-23-16(17)9-15(25)10-27-23)20-18(26)7-8-19(22(20)30-2)31-12-13-3-5-14(24)6-4-13/h3-6,8-11,18,21H,7,12H2,1-2H3,(H,27,28). The van der Waals surface area contributed by atoms with Crippen molar-refractivity contribution in [3.8, 4) is 0 Å². The van der Waals surface area contributed by atoms with E-state index in [1.54, 1.807) is 36.7 Å². The Morgan fingerprint density at radius 1 is 1.19 bits per heavy atom. The average Bonchev–Trinajstić information content (AvgIpc) is 3.18. The van der Waals surface area contributed by atoms with Gasteiger partial charge in [0, 0.05) is 47.5 Å². The van der Waals surface area contributed by atoms with Gasteiger partial charge in [-0.25, -0.2) is 9.37 Å². The first-order valence-corrected chi connectivity index (χ1v) is 10.4. The highest BCUT2D eigenvalue weighted by molar-refractivity contribution is 6.31. The number of rotatable bonds is 7. The number of aromatic amines is 1. The predicted octanol–water partition coefficient (Wildman–Crippen LogP) is 6.30. The third-order valence-corrected chi connectivity index (χ3v) is 5.63. The summed E-state index contributed by atoms with van der Waals surface area (Å²) in [6, 6.07) is 9.12. The number of alkyl halides is 1. The summed E-state index contributed by atoms with van der Waals surface area (Å²) < 4.78 is 32.5. The van der Waals surface area contributed by atoms with E-state index in [-0.39, 0.29) is 6.42 Å². The first-order valence-electron chi connectivity index (χ1n) is 9.67. The molecule has 1 aromatic carbocycles. The summed E-state index contributed by atoms with van der Waals surface area (Å²) in [5.41, 5.74) is 2.66. The summed E-state index contributed by atoms with van der Waals surface area (Å²) in [7, 11) is 3.02. The Morgan fingerprint density at radius 3 is 2.68 bits per heavy atom. The van der Waals surface area contributed by atoms with Crippen LogP contribution in [0.1, 0.15) is 23.7 Å². The number of hydrogen-bond acceptors (Lipinski definition) is 4. The van der Waals surface area contributed by atoms with Gasteiger partial charge in [0.1, 0.15) is 24.5 Å². The van der Waals surface area contributed by atoms with Gasteiger partial charge in [-0.15, -0.1) is 0 Å². The van der Waals surface area contributed by atoms with E-state index >= 15 is 4.39 Å². The molecule has 2 heterocycles. The maximum absolute atomic E-state index is 15.2. The molecule has 2 unspecified atom stereocenters. The van der Waals surface area contributed by atoms with Crippen molar-refractivity contribution in [3.05, 3.63) is 87.1 Å². The van der Waals surface area contributed by atoms with Crippen molar-refractivity contribution in [1.29, 1.82) is 0 Å². The van der Waals surface area contributed by atoms with E-state index in [1.165, 1.54) is 14.2 Å². The lowest BCUT2D eigenvalue weighted by Crippen LogP contribution is -2.22. The number of aromatic nitrogens is 2. The highest BCUT2D eigenvalue weighted by atomic mass is 35.5. The normalized spacial score (nSPS) is 17.6. The van der Waals surface area contributed by atoms with Gasteiger partial charge >= 0.3 is 0 Å². The van der Waals surface area contributed by atoms with Crippen LogP contribution in [0.5, 0.6) is 0 Å². The van der Waals surface area contributed by atoms with Crippen LogP contribution in [0.25, 0.3) is 11.0 Å². The van der Waals surface area contributed by atoms with Gasteiger partial charge in [0.2, 0.25) is 0 Å². The molecule has 162 valence electrons. The fourth-order valence-electron chi connectivity index (χ4n) is 3.72. The van der Waals surface area contributed by atoms with Crippen LogP contribution in [0, 0.1) is 0 Å². The van der Waals surface area contributed by atoms with Gasteiger partial charge in [-0.1, -0.05) is 35.3 Å². The Bertz CT molecular complexity index is 1140. The molecule has 8 heteroatoms. The van der Waals surface area contributed by atoms with Gasteiger partial charge in [-0.2, -0.15) is 0 Å². The van der Waals surface area contributed by atoms with E-state index < -0.39 is 12.3 Å². The molecule has 31 heavy (non-hydrogen) atoms. The van der Waals surface area contributed by atoms with Crippen LogP contribution < -0.4 is 0 Å². The van der Waals surface area contributed by atoms with Gasteiger partial charge in [0.25, 0.3) is 0 Å². The number of methoxy groups -OCH3 is 2. The van der Waals surface area contributed by atoms with E-state index in [0.29, 0.717) is 39.4 Å². The second kappa shape index (κ2) is 9.30. The number of halogens is 3. The van der Waals surface area contributed by atoms with Crippen LogP contribution in [-0.4, -0.2) is 30.4 Å². The summed E-state index contributed by atoms with van der Waals surface area (Å²) >= 11 is 12.1. The monoisotopic (exact) mass is 462 g/mol. The highest BCUT2D eigenvalue weighted by Crippen LogP contribution is 2.41. The minimum absolute atomic E-state index is 0.152. The quantitative estimate of drug-likeness (QED) is 0.447. The molecule has 0 amide bonds. The van der Waals surface area contributed by atoms with Crippen molar-refractivity contribution >= 4 is 34.2 Å². The molecule has 0 bridgehead atoms. The lowest BCUT2D eigenvalue weighted by atomic mass is 9.91. The Hall–Kier alpha value is -2.54. The molecular weight excluding hydrogens is 442 g/mol. The average molecular weight is 463 g/mol. The second-order valence-corrected chi connectivity index (χ2v) is 7.96. The fraction of sp³-hybridized carbons (Fsp3) is 0.261. The Kier molecular flexibility index (Phi) is 6.51. The first kappa shape index (κ1) is 21.7. The van der Waals surface area contributed by atoms with Crippen molar-refractivity contribution in [3.63, 3.8) is 0 Å². The van der Waals surface area contributed by atoms with E-state index in [1.807, 2.05) is 12.1 Å². The summed E-state index contributed by atoms with van der Waals surface area (Å²) in [6.07, 6.45) is 3.15. The Balaban J connectivity index is 1.69. The second-order valence-electron chi connectivity index (χ2n) is 7.08. The third kappa shape index (κ3) is 4.42. The zero-order chi connectivity index (χ0) is 22.0. The zero-order valence-electron chi connectivity index (χ0n) is 17.0. The SMILES string of the molecule is COC1=C(C(OC)c2c[nH]c3ncc(Cl)cc23)C(F)CC=C1OCc1ccc(Cl)cc1. The minimum atomic E-state index is -1.29. The fourth-order valence-corrected chi connectivity index (χ4v) is 4.00. The molecule has 1 aliphatic carbocycles. The number of H-pyrrole nitrogens is 1. The van der Waals surface area contributed by atoms with Crippen LogP contribution >= 0.6 is 23.2 Å². The summed E-state index contributed by atoms with van der Waals surface area (Å²) in [5, 5.41) is 1.89. The van der Waals surface area contributed by atoms with Gasteiger partial charge in [0.05, 0.1) is 12.1 Å². The number of benzene rings is 1. The minimum Gasteiger partial charge on any atom is -0.493 e. The Morgan fingerprint density at radius 2 is 1.97 bits per heavy atom. The largest absolute Gasteiger partial charge is 0.493 e. The molecule has 1 N–H and O–H groups in total. The number of nitrogens with zero attached hydrogens (tertiary/aromatic N) is 1. The number of allylic oxidation sites excluding steroid dienone is 1. The number of ether oxygens (including phenoxy) is 3. The molecule has 0 fully saturated rings. The summed E-state index contributed by atoms with van der Waals surface area (Å²) in [5.74, 6) is 0.795. The lowest BCUT2D eigenvalue weighted by molar-refractivity contribution is 0.0984. The molecule has 4 rings (SSSR count). The number of pyridine rings is 1. The van der Waals surface area contributed by atoms with Crippen LogP contribution in [0.2, 0.25) is 10.0 Å². The van der Waals surface area contributed by atoms with Crippen molar-refractivity contribution in [2.45, 2.75) is 25.3 Å². The molecule has 1 aliphatic rings. The maximum atomic E-state index is 15.2. The van der Waals surface area contributed by atoms with Gasteiger partial charge in [-0.3, -0.25) is 0 Å². The maximum Gasteiger partial charge on any atom is 0.165 e. The molecular formula is C23H21Cl2FN2O3. The van der Waals surface area contributed by atoms with Crippen molar-refractivity contribution in [1.82, 2.24) is 9.97 Å². The van der Waals surface area contributed by atoms with Crippen LogP contribution in [0.3, 0.4) is 0 Å². The van der Waals surface area contributed by atoms with Crippen LogP contribution in [-0.2, 0) is 20.8 Å². The van der Waals surface area contributed by atoms with Crippen molar-refractivity contribution < 1.29 is 18.6 Å². The molecule has 2 atom stereocenters. The number of nitrogens with one attached hydrogen (secondary N) is 1. The molecule has 0 saturated carbocycles. The Labute approximate surface area is 189 Å². The molecule has 0 radical (unpaired) electrons. The van der Waals surface area contributed by atoms with Gasteiger partial charge in [-0.05, 0) is 29.8 Å². The van der Waals surface area contributed by atoms with Crippen molar-refractivity contribution in [2.75, 3.05) is 14.2 Å². The van der Waals surface area contributed by atoms with Gasteiger partial charge in [0.15, 0.2) is 11.5 Å². The van der Waals surface area contributed by atoms with Crippen LogP contribution in [0.4, 0.5) is 4.39 Å². The van der Waals surface area contributed by atoms with Crippen molar-refractivity contribution in [2.24, 2.45) is 0 Å². The van der Waals surface area contributed by atoms with E-state index in [0.717, 1.165) is 16.5 Å². The van der Waals surface area contributed by atoms with E-state index in [4.69, 9.17) is 37.4 Å². The summed E-state index contributed by atoms with van der Waals surface area (Å²) in [4.78, 5) is 7.36. The lowest BCUT2D eigenvalue weighted by Gasteiger charge is -2.28. The zero-order valence-corrected chi connectivity index (χ0v) is 18.5. The van der Waals surface area contributed by atoms with E-state index in [9.17, 15) is 0 Å². The van der Waals surface area contributed by atoms with E-state index in [2.05, 4.69) is 9.97 Å². The smallest absolute Gasteiger partial charge is 0.165 e. The molecule has 5 nitrogen and oxygen atoms in total. The molecule has 2 aromatic heterocycles.